The smallest absolute Gasteiger partial charge is 0.150 e. The normalized spacial score (nSPS) is 25.2. The van der Waals surface area contributed by atoms with E-state index in [-0.39, 0.29) is 0 Å². The van der Waals surface area contributed by atoms with Gasteiger partial charge in [-0.25, -0.2) is 0 Å². The van der Waals surface area contributed by atoms with Crippen LogP contribution in [-0.4, -0.2) is 45.1 Å². The number of likely N-dealkylation sites (tertiary alicyclic amines) is 2. The average molecular weight is 363 g/mol. The number of halogens is 1. The Balaban J connectivity index is 1.36. The molecule has 0 N–H and O–H groups in total. The van der Waals surface area contributed by atoms with Crippen molar-refractivity contribution in [2.45, 2.75) is 38.5 Å². The summed E-state index contributed by atoms with van der Waals surface area (Å²) < 4.78 is 6.38. The number of nitrogens with zero attached hydrogens (tertiary/aromatic N) is 4. The van der Waals surface area contributed by atoms with Crippen molar-refractivity contribution in [1.82, 2.24) is 19.9 Å². The van der Waals surface area contributed by atoms with E-state index >= 15 is 0 Å². The Bertz CT molecular complexity index is 656. The van der Waals surface area contributed by atoms with Gasteiger partial charge in [-0.05, 0) is 41.4 Å². The summed E-state index contributed by atoms with van der Waals surface area (Å²) in [5.41, 5.74) is 2.11. The molecule has 0 aromatic carbocycles. The molecule has 0 saturated carbocycles. The second kappa shape index (κ2) is 5.76. The number of fused-ring (bicyclic) bond motifs is 2. The van der Waals surface area contributed by atoms with Crippen molar-refractivity contribution in [3.8, 4) is 0 Å². The van der Waals surface area contributed by atoms with Gasteiger partial charge in [0.25, 0.3) is 0 Å². The van der Waals surface area contributed by atoms with E-state index in [0.717, 1.165) is 47.8 Å². The highest BCUT2D eigenvalue weighted by Gasteiger charge is 2.43. The van der Waals surface area contributed by atoms with Crippen LogP contribution < -0.4 is 0 Å². The second-order valence-corrected chi connectivity index (χ2v) is 7.22. The van der Waals surface area contributed by atoms with Crippen LogP contribution in [0.5, 0.6) is 0 Å². The molecule has 2 fully saturated rings. The molecule has 2 bridgehead atoms. The Morgan fingerprint density at radius 2 is 2.00 bits per heavy atom. The molecule has 22 heavy (non-hydrogen) atoms. The lowest BCUT2D eigenvalue weighted by atomic mass is 10.2. The molecule has 2 saturated heterocycles. The maximum absolute atomic E-state index is 5.35. The molecular weight excluding hydrogens is 344 g/mol. The van der Waals surface area contributed by atoms with Gasteiger partial charge in [0.15, 0.2) is 5.76 Å². The van der Waals surface area contributed by atoms with E-state index in [1.807, 2.05) is 19.2 Å². The summed E-state index contributed by atoms with van der Waals surface area (Å²) in [6, 6.07) is 7.47. The Morgan fingerprint density at radius 3 is 2.59 bits per heavy atom. The van der Waals surface area contributed by atoms with Crippen LogP contribution in [0.25, 0.3) is 0 Å². The molecule has 2 unspecified atom stereocenters. The second-order valence-electron chi connectivity index (χ2n) is 6.30. The topological polar surface area (TPSA) is 45.4 Å². The predicted molar refractivity (Wildman–Crippen MR) is 86.2 cm³/mol. The average Bonchev–Trinajstić information content (AvgIpc) is 3.18. The minimum Gasteiger partial charge on any atom is -0.360 e. The van der Waals surface area contributed by atoms with E-state index in [4.69, 9.17) is 4.52 Å². The molecule has 0 amide bonds. The lowest BCUT2D eigenvalue weighted by Crippen LogP contribution is -2.45. The monoisotopic (exact) mass is 362 g/mol. The minimum absolute atomic E-state index is 0.630. The first-order chi connectivity index (χ1) is 10.7. The zero-order chi connectivity index (χ0) is 15.1. The van der Waals surface area contributed by atoms with Crippen molar-refractivity contribution in [1.29, 1.82) is 0 Å². The van der Waals surface area contributed by atoms with Crippen LogP contribution in [0.15, 0.2) is 33.4 Å². The first kappa shape index (κ1) is 14.4. The van der Waals surface area contributed by atoms with Crippen LogP contribution >= 0.6 is 15.9 Å². The summed E-state index contributed by atoms with van der Waals surface area (Å²) in [6.07, 6.45) is 3.13. The third-order valence-electron chi connectivity index (χ3n) is 4.66. The summed E-state index contributed by atoms with van der Waals surface area (Å²) in [5.74, 6) is 0.978. The van der Waals surface area contributed by atoms with Gasteiger partial charge in [0.1, 0.15) is 0 Å². The number of aromatic nitrogens is 2. The highest BCUT2D eigenvalue weighted by Crippen LogP contribution is 2.32. The zero-order valence-electron chi connectivity index (χ0n) is 12.6. The zero-order valence-corrected chi connectivity index (χ0v) is 14.2. The number of hydrogen-bond acceptors (Lipinski definition) is 5. The van der Waals surface area contributed by atoms with Crippen LogP contribution in [0.1, 0.15) is 23.6 Å². The third-order valence-corrected chi connectivity index (χ3v) is 5.13. The van der Waals surface area contributed by atoms with Crippen LogP contribution in [-0.2, 0) is 13.1 Å². The first-order valence-corrected chi connectivity index (χ1v) is 8.47. The minimum atomic E-state index is 0.630. The standard InChI is InChI=1S/C16H19BrN4O/c1-11-4-16(22-19-11)10-21-9-14-5-15(21)8-20(14)7-13-3-2-12(17)6-18-13/h2-4,6,14-15H,5,7-10H2,1H3. The molecule has 4 rings (SSSR count). The molecule has 2 aromatic rings. The molecule has 0 spiro atoms. The summed E-state index contributed by atoms with van der Waals surface area (Å²) in [7, 11) is 0. The molecule has 2 atom stereocenters. The van der Waals surface area contributed by atoms with Gasteiger partial charge < -0.3 is 4.52 Å². The third kappa shape index (κ3) is 2.83. The van der Waals surface area contributed by atoms with E-state index in [0.29, 0.717) is 12.1 Å². The van der Waals surface area contributed by atoms with Crippen molar-refractivity contribution in [3.05, 3.63) is 46.0 Å². The number of piperazine rings is 1. The summed E-state index contributed by atoms with van der Waals surface area (Å²) in [4.78, 5) is 9.57. The molecule has 6 heteroatoms. The lowest BCUT2D eigenvalue weighted by molar-refractivity contribution is 0.109. The van der Waals surface area contributed by atoms with Crippen LogP contribution in [0.4, 0.5) is 0 Å². The fraction of sp³-hybridized carbons (Fsp3) is 0.500. The van der Waals surface area contributed by atoms with Crippen molar-refractivity contribution in [2.24, 2.45) is 0 Å². The Hall–Kier alpha value is -1.24. The van der Waals surface area contributed by atoms with Gasteiger partial charge >= 0.3 is 0 Å². The summed E-state index contributed by atoms with van der Waals surface area (Å²) in [6.45, 7) is 6.03. The van der Waals surface area contributed by atoms with E-state index in [1.54, 1.807) is 0 Å². The van der Waals surface area contributed by atoms with Gasteiger partial charge in [0, 0.05) is 48.5 Å². The number of aryl methyl sites for hydroxylation is 1. The van der Waals surface area contributed by atoms with Gasteiger partial charge in [-0.3, -0.25) is 14.8 Å². The van der Waals surface area contributed by atoms with E-state index < -0.39 is 0 Å². The van der Waals surface area contributed by atoms with E-state index in [1.165, 1.54) is 6.42 Å². The summed E-state index contributed by atoms with van der Waals surface area (Å²) >= 11 is 3.44. The summed E-state index contributed by atoms with van der Waals surface area (Å²) in [5, 5.41) is 3.97. The number of hydrogen-bond donors (Lipinski definition) is 0. The quantitative estimate of drug-likeness (QED) is 0.836. The van der Waals surface area contributed by atoms with Crippen molar-refractivity contribution >= 4 is 15.9 Å². The van der Waals surface area contributed by atoms with Gasteiger partial charge in [0.05, 0.1) is 17.9 Å². The molecule has 5 nitrogen and oxygen atoms in total. The molecule has 2 aliphatic rings. The van der Waals surface area contributed by atoms with E-state index in [2.05, 4.69) is 48.0 Å². The van der Waals surface area contributed by atoms with Gasteiger partial charge in [-0.1, -0.05) is 5.16 Å². The molecule has 0 radical (unpaired) electrons. The van der Waals surface area contributed by atoms with E-state index in [9.17, 15) is 0 Å². The molecule has 2 aromatic heterocycles. The maximum Gasteiger partial charge on any atom is 0.150 e. The van der Waals surface area contributed by atoms with Crippen molar-refractivity contribution in [2.75, 3.05) is 13.1 Å². The Morgan fingerprint density at radius 1 is 1.23 bits per heavy atom. The van der Waals surface area contributed by atoms with Crippen LogP contribution in [0.3, 0.4) is 0 Å². The maximum atomic E-state index is 5.35. The molecular formula is C16H19BrN4O. The van der Waals surface area contributed by atoms with Gasteiger partial charge in [-0.15, -0.1) is 0 Å². The lowest BCUT2D eigenvalue weighted by Gasteiger charge is -2.33. The highest BCUT2D eigenvalue weighted by molar-refractivity contribution is 9.10. The first-order valence-electron chi connectivity index (χ1n) is 7.68. The highest BCUT2D eigenvalue weighted by atomic mass is 79.9. The predicted octanol–water partition coefficient (Wildman–Crippen LogP) is 2.60. The van der Waals surface area contributed by atoms with Crippen LogP contribution in [0.2, 0.25) is 0 Å². The Labute approximate surface area is 138 Å². The molecule has 116 valence electrons. The van der Waals surface area contributed by atoms with Crippen molar-refractivity contribution in [3.63, 3.8) is 0 Å². The molecule has 2 aliphatic heterocycles. The molecule has 0 aliphatic carbocycles. The Kier molecular flexibility index (Phi) is 3.76. The molecule has 4 heterocycles. The number of rotatable bonds is 4. The van der Waals surface area contributed by atoms with Gasteiger partial charge in [0.2, 0.25) is 0 Å². The fourth-order valence-corrected chi connectivity index (χ4v) is 3.85. The van der Waals surface area contributed by atoms with Crippen LogP contribution in [0, 0.1) is 6.92 Å². The van der Waals surface area contributed by atoms with Crippen molar-refractivity contribution < 1.29 is 4.52 Å². The van der Waals surface area contributed by atoms with Gasteiger partial charge in [-0.2, -0.15) is 0 Å². The number of pyridine rings is 1. The fourth-order valence-electron chi connectivity index (χ4n) is 3.62. The largest absolute Gasteiger partial charge is 0.360 e. The SMILES string of the molecule is Cc1cc(CN2CC3CC2CN3Cc2ccc(Br)cn2)on1.